The highest BCUT2D eigenvalue weighted by molar-refractivity contribution is 7.14. The summed E-state index contributed by atoms with van der Waals surface area (Å²) in [6, 6.07) is 9.13. The SMILES string of the molecule is Cc1ccc(OCCCC(=O)OCC(=O)Nc2sccc2C(N)=O)cc1. The smallest absolute Gasteiger partial charge is 0.306 e. The number of thiophene rings is 1. The highest BCUT2D eigenvalue weighted by atomic mass is 32.1. The van der Waals surface area contributed by atoms with Crippen molar-refractivity contribution in [1.29, 1.82) is 0 Å². The summed E-state index contributed by atoms with van der Waals surface area (Å²) < 4.78 is 10.4. The molecule has 0 saturated heterocycles. The second-order valence-electron chi connectivity index (χ2n) is 5.50. The topological polar surface area (TPSA) is 108 Å². The molecule has 8 heteroatoms. The zero-order chi connectivity index (χ0) is 18.9. The van der Waals surface area contributed by atoms with Gasteiger partial charge in [0.05, 0.1) is 12.2 Å². The zero-order valence-electron chi connectivity index (χ0n) is 14.3. The summed E-state index contributed by atoms with van der Waals surface area (Å²) in [4.78, 5) is 34.6. The first kappa shape index (κ1) is 19.5. The molecule has 0 unspecified atom stereocenters. The Kier molecular flexibility index (Phi) is 7.16. The average molecular weight is 376 g/mol. The van der Waals surface area contributed by atoms with Crippen molar-refractivity contribution < 1.29 is 23.9 Å². The van der Waals surface area contributed by atoms with Gasteiger partial charge in [0.1, 0.15) is 10.8 Å². The molecule has 7 nitrogen and oxygen atoms in total. The van der Waals surface area contributed by atoms with Gasteiger partial charge in [-0.05, 0) is 36.9 Å². The van der Waals surface area contributed by atoms with Crippen LogP contribution in [0.25, 0.3) is 0 Å². The van der Waals surface area contributed by atoms with Crippen LogP contribution in [0.4, 0.5) is 5.00 Å². The molecule has 2 aromatic rings. The average Bonchev–Trinajstić information content (AvgIpc) is 3.07. The molecule has 0 aliphatic carbocycles. The predicted octanol–water partition coefficient (Wildman–Crippen LogP) is 2.50. The second-order valence-corrected chi connectivity index (χ2v) is 6.42. The fraction of sp³-hybridized carbons (Fsp3) is 0.278. The molecule has 0 aliphatic rings. The summed E-state index contributed by atoms with van der Waals surface area (Å²) in [5, 5.41) is 4.47. The molecule has 1 aromatic carbocycles. The van der Waals surface area contributed by atoms with Crippen molar-refractivity contribution >= 4 is 34.1 Å². The Balaban J connectivity index is 1.63. The van der Waals surface area contributed by atoms with Crippen LogP contribution in [0.2, 0.25) is 0 Å². The molecule has 138 valence electrons. The lowest BCUT2D eigenvalue weighted by atomic mass is 10.2. The predicted molar refractivity (Wildman–Crippen MR) is 98.3 cm³/mol. The van der Waals surface area contributed by atoms with Gasteiger partial charge in [-0.15, -0.1) is 11.3 Å². The number of anilines is 1. The molecule has 3 N–H and O–H groups in total. The molecule has 2 amide bonds. The summed E-state index contributed by atoms with van der Waals surface area (Å²) in [6.07, 6.45) is 0.621. The maximum absolute atomic E-state index is 11.8. The van der Waals surface area contributed by atoms with Gasteiger partial charge in [0, 0.05) is 6.42 Å². The highest BCUT2D eigenvalue weighted by Crippen LogP contribution is 2.22. The lowest BCUT2D eigenvalue weighted by Gasteiger charge is -2.07. The van der Waals surface area contributed by atoms with Crippen LogP contribution >= 0.6 is 11.3 Å². The van der Waals surface area contributed by atoms with Crippen molar-refractivity contribution in [2.75, 3.05) is 18.5 Å². The Hall–Kier alpha value is -2.87. The van der Waals surface area contributed by atoms with Gasteiger partial charge in [-0.25, -0.2) is 0 Å². The summed E-state index contributed by atoms with van der Waals surface area (Å²) >= 11 is 1.17. The van der Waals surface area contributed by atoms with E-state index in [1.807, 2.05) is 31.2 Å². The Morgan fingerprint density at radius 2 is 1.88 bits per heavy atom. The van der Waals surface area contributed by atoms with Crippen LogP contribution < -0.4 is 15.8 Å². The Labute approximate surface area is 155 Å². The number of esters is 1. The van der Waals surface area contributed by atoms with E-state index in [0.717, 1.165) is 11.3 Å². The van der Waals surface area contributed by atoms with Crippen LogP contribution in [-0.4, -0.2) is 31.0 Å². The summed E-state index contributed by atoms with van der Waals surface area (Å²) in [5.41, 5.74) is 6.56. The number of amides is 2. The molecular formula is C18H20N2O5S. The first-order valence-electron chi connectivity index (χ1n) is 7.98. The van der Waals surface area contributed by atoms with Crippen molar-refractivity contribution in [3.8, 4) is 5.75 Å². The van der Waals surface area contributed by atoms with Crippen molar-refractivity contribution in [1.82, 2.24) is 0 Å². The van der Waals surface area contributed by atoms with Crippen LogP contribution in [0, 0.1) is 6.92 Å². The molecule has 0 fully saturated rings. The molecular weight excluding hydrogens is 356 g/mol. The highest BCUT2D eigenvalue weighted by Gasteiger charge is 2.13. The molecule has 0 bridgehead atoms. The summed E-state index contributed by atoms with van der Waals surface area (Å²) in [5.74, 6) is -0.912. The van der Waals surface area contributed by atoms with Gasteiger partial charge in [0.15, 0.2) is 6.61 Å². The molecule has 0 aliphatic heterocycles. The van der Waals surface area contributed by atoms with Crippen LogP contribution in [0.3, 0.4) is 0 Å². The molecule has 1 aromatic heterocycles. The quantitative estimate of drug-likeness (QED) is 0.516. The van der Waals surface area contributed by atoms with E-state index in [0.29, 0.717) is 18.0 Å². The van der Waals surface area contributed by atoms with Crippen molar-refractivity contribution in [3.05, 3.63) is 46.8 Å². The second kappa shape index (κ2) is 9.57. The van der Waals surface area contributed by atoms with Gasteiger partial charge >= 0.3 is 5.97 Å². The monoisotopic (exact) mass is 376 g/mol. The third kappa shape index (κ3) is 6.21. The van der Waals surface area contributed by atoms with Gasteiger partial charge in [-0.3, -0.25) is 14.4 Å². The first-order chi connectivity index (χ1) is 12.5. The van der Waals surface area contributed by atoms with Crippen LogP contribution in [-0.2, 0) is 14.3 Å². The number of carbonyl (C=O) groups is 3. The number of hydrogen-bond donors (Lipinski definition) is 2. The van der Waals surface area contributed by atoms with Crippen molar-refractivity contribution in [2.24, 2.45) is 5.73 Å². The molecule has 0 radical (unpaired) electrons. The van der Waals surface area contributed by atoms with Crippen molar-refractivity contribution in [2.45, 2.75) is 19.8 Å². The van der Waals surface area contributed by atoms with Gasteiger partial charge < -0.3 is 20.5 Å². The number of aryl methyl sites for hydroxylation is 1. The van der Waals surface area contributed by atoms with Crippen LogP contribution in [0.5, 0.6) is 5.75 Å². The molecule has 0 atom stereocenters. The third-order valence-electron chi connectivity index (χ3n) is 3.36. The minimum absolute atomic E-state index is 0.144. The Bertz CT molecular complexity index is 770. The van der Waals surface area contributed by atoms with Gasteiger partial charge in [0.2, 0.25) is 0 Å². The van der Waals surface area contributed by atoms with E-state index in [1.54, 1.807) is 5.38 Å². The number of rotatable bonds is 9. The van der Waals surface area contributed by atoms with E-state index < -0.39 is 24.4 Å². The number of primary amides is 1. The van der Waals surface area contributed by atoms with Gasteiger partial charge in [0.25, 0.3) is 11.8 Å². The van der Waals surface area contributed by atoms with Gasteiger partial charge in [-0.2, -0.15) is 0 Å². The maximum atomic E-state index is 11.8. The number of hydrogen-bond acceptors (Lipinski definition) is 6. The number of benzene rings is 1. The van der Waals surface area contributed by atoms with E-state index in [-0.39, 0.29) is 12.0 Å². The Morgan fingerprint density at radius 3 is 2.58 bits per heavy atom. The summed E-state index contributed by atoms with van der Waals surface area (Å²) in [7, 11) is 0. The van der Waals surface area contributed by atoms with E-state index >= 15 is 0 Å². The number of carbonyl (C=O) groups excluding carboxylic acids is 3. The van der Waals surface area contributed by atoms with Crippen LogP contribution in [0.1, 0.15) is 28.8 Å². The van der Waals surface area contributed by atoms with E-state index in [4.69, 9.17) is 15.2 Å². The first-order valence-corrected chi connectivity index (χ1v) is 8.86. The normalized spacial score (nSPS) is 10.2. The maximum Gasteiger partial charge on any atom is 0.306 e. The molecule has 1 heterocycles. The van der Waals surface area contributed by atoms with Crippen molar-refractivity contribution in [3.63, 3.8) is 0 Å². The number of ether oxygens (including phenoxy) is 2. The Morgan fingerprint density at radius 1 is 1.15 bits per heavy atom. The fourth-order valence-corrected chi connectivity index (χ4v) is 2.83. The lowest BCUT2D eigenvalue weighted by Crippen LogP contribution is -2.22. The third-order valence-corrected chi connectivity index (χ3v) is 4.19. The van der Waals surface area contributed by atoms with E-state index in [9.17, 15) is 14.4 Å². The minimum Gasteiger partial charge on any atom is -0.494 e. The minimum atomic E-state index is -0.632. The summed E-state index contributed by atoms with van der Waals surface area (Å²) in [6.45, 7) is 1.94. The fourth-order valence-electron chi connectivity index (χ4n) is 2.02. The number of nitrogens with two attached hydrogens (primary N) is 1. The lowest BCUT2D eigenvalue weighted by molar-refractivity contribution is -0.147. The van der Waals surface area contributed by atoms with E-state index in [2.05, 4.69) is 5.32 Å². The zero-order valence-corrected chi connectivity index (χ0v) is 15.1. The van der Waals surface area contributed by atoms with Crippen LogP contribution in [0.15, 0.2) is 35.7 Å². The molecule has 2 rings (SSSR count). The van der Waals surface area contributed by atoms with E-state index in [1.165, 1.54) is 17.4 Å². The molecule has 0 saturated carbocycles. The van der Waals surface area contributed by atoms with Gasteiger partial charge in [-0.1, -0.05) is 17.7 Å². The molecule has 0 spiro atoms. The molecule has 26 heavy (non-hydrogen) atoms. The largest absolute Gasteiger partial charge is 0.494 e. The standard InChI is InChI=1S/C18H20N2O5S/c1-12-4-6-13(7-5-12)24-9-2-3-16(22)25-11-15(21)20-18-14(17(19)23)8-10-26-18/h4-8,10H,2-3,9,11H2,1H3,(H2,19,23)(H,20,21). The number of nitrogens with one attached hydrogen (secondary N) is 1.